The molecule has 176 valence electrons. The molecule has 0 spiro atoms. The van der Waals surface area contributed by atoms with E-state index in [1.807, 2.05) is 24.3 Å². The van der Waals surface area contributed by atoms with Crippen molar-refractivity contribution in [2.45, 2.75) is 37.6 Å². The van der Waals surface area contributed by atoms with E-state index in [1.165, 1.54) is 22.3 Å². The summed E-state index contributed by atoms with van der Waals surface area (Å²) < 4.78 is 5.57. The fraction of sp³-hybridized carbons (Fsp3) is 0.444. The van der Waals surface area contributed by atoms with Crippen molar-refractivity contribution in [3.63, 3.8) is 0 Å². The van der Waals surface area contributed by atoms with Crippen LogP contribution >= 0.6 is 0 Å². The number of carboxylic acids is 1. The number of ether oxygens (including phenoxy) is 1. The monoisotopic (exact) mass is 460 g/mol. The summed E-state index contributed by atoms with van der Waals surface area (Å²) in [5.41, 5.74) is 4.13. The molecule has 6 rings (SSSR count). The molecular weight excluding hydrogens is 432 g/mol. The standard InChI is InChI=1S/C27H28N2O5/c30-24(29-17-10-16-11-27(16,12-17)25(31)32)22-9-15(22)13-28-26(33)34-14-23-20-7-3-1-5-18(20)19-6-2-4-8-21(19)23/h1-8,15-17,22-23H,9-14H2,(H,28,33)(H,29,30)(H,31,32)/t15?,16-,17+,22?,27+/m1/s1. The number of carbonyl (C=O) groups is 3. The van der Waals surface area contributed by atoms with E-state index in [2.05, 4.69) is 34.9 Å². The first-order valence-corrected chi connectivity index (χ1v) is 12.1. The third kappa shape index (κ3) is 3.54. The third-order valence-corrected chi connectivity index (χ3v) is 8.30. The van der Waals surface area contributed by atoms with Gasteiger partial charge >= 0.3 is 12.1 Å². The summed E-state index contributed by atoms with van der Waals surface area (Å²) in [6, 6.07) is 16.4. The van der Waals surface area contributed by atoms with Gasteiger partial charge in [-0.2, -0.15) is 0 Å². The molecule has 0 saturated heterocycles. The number of hydrogen-bond donors (Lipinski definition) is 3. The summed E-state index contributed by atoms with van der Waals surface area (Å²) in [7, 11) is 0. The number of benzene rings is 2. The van der Waals surface area contributed by atoms with E-state index in [-0.39, 0.29) is 42.2 Å². The smallest absolute Gasteiger partial charge is 0.407 e. The first-order chi connectivity index (χ1) is 16.5. The molecule has 2 aromatic rings. The topological polar surface area (TPSA) is 105 Å². The zero-order valence-electron chi connectivity index (χ0n) is 18.8. The lowest BCUT2D eigenvalue weighted by molar-refractivity contribution is -0.143. The van der Waals surface area contributed by atoms with Crippen LogP contribution < -0.4 is 10.6 Å². The Kier molecular flexibility index (Phi) is 4.90. The van der Waals surface area contributed by atoms with E-state index in [9.17, 15) is 19.5 Å². The van der Waals surface area contributed by atoms with Crippen molar-refractivity contribution < 1.29 is 24.2 Å². The quantitative estimate of drug-likeness (QED) is 0.586. The summed E-state index contributed by atoms with van der Waals surface area (Å²) in [5, 5.41) is 15.2. The van der Waals surface area contributed by atoms with Gasteiger partial charge in [-0.25, -0.2) is 4.79 Å². The Balaban J connectivity index is 0.962. The highest BCUT2D eigenvalue weighted by atomic mass is 16.5. The molecule has 4 aliphatic carbocycles. The minimum Gasteiger partial charge on any atom is -0.481 e. The second kappa shape index (κ2) is 7.86. The Morgan fingerprint density at radius 3 is 2.29 bits per heavy atom. The third-order valence-electron chi connectivity index (χ3n) is 8.30. The summed E-state index contributed by atoms with van der Waals surface area (Å²) in [4.78, 5) is 36.3. The SMILES string of the molecule is O=C(NCC1CC1C(=O)N[C@H]1C[C@@H]2C[C@]2(C(=O)O)C1)OCC1c2ccccc2-c2ccccc21. The van der Waals surface area contributed by atoms with Crippen LogP contribution in [0.3, 0.4) is 0 Å². The lowest BCUT2D eigenvalue weighted by Gasteiger charge is -2.16. The van der Waals surface area contributed by atoms with Crippen LogP contribution in [0.4, 0.5) is 4.79 Å². The average molecular weight is 461 g/mol. The highest BCUT2D eigenvalue weighted by Crippen LogP contribution is 2.63. The summed E-state index contributed by atoms with van der Waals surface area (Å²) in [6.45, 7) is 0.670. The maximum Gasteiger partial charge on any atom is 0.407 e. The van der Waals surface area contributed by atoms with Crippen LogP contribution in [0, 0.1) is 23.2 Å². The molecule has 3 fully saturated rings. The minimum absolute atomic E-state index is 0.0179. The molecule has 3 N–H and O–H groups in total. The second-order valence-corrected chi connectivity index (χ2v) is 10.3. The van der Waals surface area contributed by atoms with E-state index < -0.39 is 17.5 Å². The van der Waals surface area contributed by atoms with Crippen molar-refractivity contribution in [1.29, 1.82) is 0 Å². The number of carboxylic acid groups (broad SMARTS) is 1. The maximum atomic E-state index is 12.5. The van der Waals surface area contributed by atoms with Crippen molar-refractivity contribution in [1.82, 2.24) is 10.6 Å². The fourth-order valence-electron chi connectivity index (χ4n) is 6.23. The van der Waals surface area contributed by atoms with Gasteiger partial charge in [-0.1, -0.05) is 48.5 Å². The van der Waals surface area contributed by atoms with Gasteiger partial charge in [0.05, 0.1) is 5.41 Å². The van der Waals surface area contributed by atoms with E-state index >= 15 is 0 Å². The van der Waals surface area contributed by atoms with Crippen LogP contribution in [0.1, 0.15) is 42.7 Å². The summed E-state index contributed by atoms with van der Waals surface area (Å²) in [6.07, 6.45) is 2.30. The number of nitrogens with one attached hydrogen (secondary N) is 2. The molecule has 0 bridgehead atoms. The first kappa shape index (κ1) is 21.2. The number of rotatable bonds is 7. The largest absolute Gasteiger partial charge is 0.481 e. The molecule has 2 amide bonds. The van der Waals surface area contributed by atoms with Crippen molar-refractivity contribution in [2.75, 3.05) is 13.2 Å². The predicted octanol–water partition coefficient (Wildman–Crippen LogP) is 3.53. The van der Waals surface area contributed by atoms with Gasteiger partial charge < -0.3 is 20.5 Å². The normalized spacial score (nSPS) is 30.0. The van der Waals surface area contributed by atoms with Gasteiger partial charge in [0, 0.05) is 24.4 Å². The van der Waals surface area contributed by atoms with Gasteiger partial charge in [0.2, 0.25) is 5.91 Å². The highest BCUT2D eigenvalue weighted by Gasteiger charge is 2.65. The lowest BCUT2D eigenvalue weighted by atomic mass is 9.98. The number of amides is 2. The Bertz CT molecular complexity index is 1130. The van der Waals surface area contributed by atoms with Crippen molar-refractivity contribution in [3.05, 3.63) is 59.7 Å². The van der Waals surface area contributed by atoms with Gasteiger partial charge in [-0.3, -0.25) is 9.59 Å². The Labute approximate surface area is 197 Å². The zero-order chi connectivity index (χ0) is 23.4. The number of fused-ring (bicyclic) bond motifs is 4. The molecule has 4 aliphatic rings. The maximum absolute atomic E-state index is 12.5. The van der Waals surface area contributed by atoms with E-state index in [0.29, 0.717) is 13.0 Å². The Morgan fingerprint density at radius 1 is 0.971 bits per heavy atom. The minimum atomic E-state index is -0.731. The average Bonchev–Trinajstić information content (AvgIpc) is 3.70. The summed E-state index contributed by atoms with van der Waals surface area (Å²) >= 11 is 0. The van der Waals surface area contributed by atoms with Gasteiger partial charge in [0.1, 0.15) is 6.61 Å². The number of aliphatic carboxylic acids is 1. The molecule has 0 aliphatic heterocycles. The van der Waals surface area contributed by atoms with Crippen LogP contribution in [0.25, 0.3) is 11.1 Å². The van der Waals surface area contributed by atoms with Crippen LogP contribution in [-0.2, 0) is 14.3 Å². The zero-order valence-corrected chi connectivity index (χ0v) is 18.8. The summed E-state index contributed by atoms with van der Waals surface area (Å²) in [5.74, 6) is -0.543. The molecule has 7 nitrogen and oxygen atoms in total. The van der Waals surface area contributed by atoms with Gasteiger partial charge in [-0.05, 0) is 59.8 Å². The molecule has 3 saturated carbocycles. The molecule has 7 heteroatoms. The molecule has 5 atom stereocenters. The fourth-order valence-corrected chi connectivity index (χ4v) is 6.23. The van der Waals surface area contributed by atoms with Gasteiger partial charge in [0.25, 0.3) is 0 Å². The molecule has 0 radical (unpaired) electrons. The molecular formula is C27H28N2O5. The molecule has 34 heavy (non-hydrogen) atoms. The molecule has 0 heterocycles. The van der Waals surface area contributed by atoms with Crippen LogP contribution in [0.2, 0.25) is 0 Å². The highest BCUT2D eigenvalue weighted by molar-refractivity contribution is 5.83. The van der Waals surface area contributed by atoms with Crippen LogP contribution in [0.5, 0.6) is 0 Å². The number of alkyl carbamates (subject to hydrolysis) is 1. The van der Waals surface area contributed by atoms with Crippen molar-refractivity contribution in [2.24, 2.45) is 23.2 Å². The molecule has 2 unspecified atom stereocenters. The number of hydrogen-bond acceptors (Lipinski definition) is 4. The first-order valence-electron chi connectivity index (χ1n) is 12.1. The van der Waals surface area contributed by atoms with E-state index in [1.54, 1.807) is 0 Å². The Morgan fingerprint density at radius 2 is 1.65 bits per heavy atom. The lowest BCUT2D eigenvalue weighted by Crippen LogP contribution is -2.37. The van der Waals surface area contributed by atoms with Gasteiger partial charge in [-0.15, -0.1) is 0 Å². The predicted molar refractivity (Wildman–Crippen MR) is 124 cm³/mol. The van der Waals surface area contributed by atoms with Crippen LogP contribution in [-0.4, -0.2) is 42.3 Å². The number of carbonyl (C=O) groups excluding carboxylic acids is 2. The van der Waals surface area contributed by atoms with E-state index in [4.69, 9.17) is 4.74 Å². The molecule has 0 aromatic heterocycles. The van der Waals surface area contributed by atoms with E-state index in [0.717, 1.165) is 19.3 Å². The Hall–Kier alpha value is -3.35. The molecule has 2 aromatic carbocycles. The van der Waals surface area contributed by atoms with Crippen molar-refractivity contribution >= 4 is 18.0 Å². The van der Waals surface area contributed by atoms with Crippen molar-refractivity contribution in [3.8, 4) is 11.1 Å². The second-order valence-electron chi connectivity index (χ2n) is 10.3. The van der Waals surface area contributed by atoms with Crippen LogP contribution in [0.15, 0.2) is 48.5 Å². The van der Waals surface area contributed by atoms with Gasteiger partial charge in [0.15, 0.2) is 0 Å².